The summed E-state index contributed by atoms with van der Waals surface area (Å²) in [5.74, 6) is -1.21. The summed E-state index contributed by atoms with van der Waals surface area (Å²) >= 11 is 0. The third kappa shape index (κ3) is 4.35. The van der Waals surface area contributed by atoms with E-state index in [2.05, 4.69) is 4.74 Å². The lowest BCUT2D eigenvalue weighted by Gasteiger charge is -2.09. The number of rotatable bonds is 4. The molecule has 0 spiro atoms. The molecule has 0 aromatic heterocycles. The maximum atomic E-state index is 11.2. The third-order valence-corrected chi connectivity index (χ3v) is 5.12. The van der Waals surface area contributed by atoms with E-state index in [1.807, 2.05) is 24.3 Å². The van der Waals surface area contributed by atoms with Crippen LogP contribution in [0.5, 0.6) is 0 Å². The van der Waals surface area contributed by atoms with Gasteiger partial charge in [-0.2, -0.15) is 0 Å². The van der Waals surface area contributed by atoms with Crippen molar-refractivity contribution in [2.75, 3.05) is 7.11 Å². The standard InChI is InChI=1S/C11H13NO2.C10H11NO2/c1-14-10(13)8-3-2-4-9(7-8)11(12)5-6-11;11-10(4-5-10)8-3-1-2-7(6-8)9(12)13/h2-4,7H,5-6,12H2,1H3;1-3,6H,4-5,11H2,(H,12,13). The quantitative estimate of drug-likeness (QED) is 0.715. The molecule has 2 fully saturated rings. The maximum Gasteiger partial charge on any atom is 0.337 e. The summed E-state index contributed by atoms with van der Waals surface area (Å²) < 4.78 is 4.64. The van der Waals surface area contributed by atoms with Gasteiger partial charge in [0, 0.05) is 11.1 Å². The van der Waals surface area contributed by atoms with Gasteiger partial charge in [-0.3, -0.25) is 0 Å². The van der Waals surface area contributed by atoms with E-state index in [0.717, 1.165) is 36.8 Å². The number of nitrogens with two attached hydrogens (primary N) is 2. The number of carboxylic acid groups (broad SMARTS) is 1. The Morgan fingerprint density at radius 3 is 1.74 bits per heavy atom. The van der Waals surface area contributed by atoms with Crippen molar-refractivity contribution in [1.29, 1.82) is 0 Å². The van der Waals surface area contributed by atoms with E-state index in [1.165, 1.54) is 7.11 Å². The normalized spacial score (nSPS) is 17.9. The van der Waals surface area contributed by atoms with E-state index >= 15 is 0 Å². The van der Waals surface area contributed by atoms with Gasteiger partial charge in [0.25, 0.3) is 0 Å². The fourth-order valence-corrected chi connectivity index (χ4v) is 2.88. The molecule has 0 heterocycles. The molecule has 6 nitrogen and oxygen atoms in total. The first-order valence-corrected chi connectivity index (χ1v) is 8.88. The van der Waals surface area contributed by atoms with Crippen LogP contribution < -0.4 is 11.5 Å². The number of methoxy groups -OCH3 is 1. The van der Waals surface area contributed by atoms with Crippen LogP contribution in [0.1, 0.15) is 57.5 Å². The molecule has 0 aliphatic heterocycles. The maximum absolute atomic E-state index is 11.2. The lowest BCUT2D eigenvalue weighted by Crippen LogP contribution is -2.19. The van der Waals surface area contributed by atoms with Crippen LogP contribution in [0.4, 0.5) is 0 Å². The van der Waals surface area contributed by atoms with Crippen LogP contribution >= 0.6 is 0 Å². The average Bonchev–Trinajstić information content (AvgIpc) is 3.61. The second-order valence-electron chi connectivity index (χ2n) is 7.27. The van der Waals surface area contributed by atoms with E-state index in [4.69, 9.17) is 16.6 Å². The van der Waals surface area contributed by atoms with Crippen LogP contribution in [0.2, 0.25) is 0 Å². The summed E-state index contributed by atoms with van der Waals surface area (Å²) in [6.45, 7) is 0. The largest absolute Gasteiger partial charge is 0.478 e. The van der Waals surface area contributed by atoms with Gasteiger partial charge in [0.05, 0.1) is 18.2 Å². The number of carboxylic acids is 1. The zero-order valence-corrected chi connectivity index (χ0v) is 15.3. The van der Waals surface area contributed by atoms with Crippen molar-refractivity contribution in [3.8, 4) is 0 Å². The van der Waals surface area contributed by atoms with Crippen molar-refractivity contribution in [3.63, 3.8) is 0 Å². The van der Waals surface area contributed by atoms with E-state index < -0.39 is 5.97 Å². The van der Waals surface area contributed by atoms with E-state index in [-0.39, 0.29) is 17.0 Å². The first-order chi connectivity index (χ1) is 12.8. The molecule has 2 aromatic rings. The van der Waals surface area contributed by atoms with Crippen LogP contribution in [0, 0.1) is 0 Å². The molecule has 6 heteroatoms. The predicted molar refractivity (Wildman–Crippen MR) is 101 cm³/mol. The Balaban J connectivity index is 0.000000156. The minimum Gasteiger partial charge on any atom is -0.478 e. The second kappa shape index (κ2) is 7.13. The second-order valence-corrected chi connectivity index (χ2v) is 7.27. The monoisotopic (exact) mass is 368 g/mol. The van der Waals surface area contributed by atoms with Crippen molar-refractivity contribution in [3.05, 3.63) is 70.8 Å². The first-order valence-electron chi connectivity index (χ1n) is 8.88. The Labute approximate surface area is 158 Å². The molecule has 4 rings (SSSR count). The summed E-state index contributed by atoms with van der Waals surface area (Å²) in [7, 11) is 1.38. The van der Waals surface area contributed by atoms with Gasteiger partial charge in [-0.15, -0.1) is 0 Å². The van der Waals surface area contributed by atoms with Gasteiger partial charge in [-0.1, -0.05) is 24.3 Å². The average molecular weight is 368 g/mol. The molecule has 2 saturated carbocycles. The van der Waals surface area contributed by atoms with Crippen molar-refractivity contribution in [2.45, 2.75) is 36.8 Å². The highest BCUT2D eigenvalue weighted by atomic mass is 16.5. The molecule has 0 atom stereocenters. The molecule has 142 valence electrons. The number of ether oxygens (including phenoxy) is 1. The van der Waals surface area contributed by atoms with Gasteiger partial charge in [0.2, 0.25) is 0 Å². The fourth-order valence-electron chi connectivity index (χ4n) is 2.88. The SMILES string of the molecule is COC(=O)c1cccc(C2(N)CC2)c1.NC1(c2cccc(C(=O)O)c2)CC1. The van der Waals surface area contributed by atoms with Crippen LogP contribution in [-0.2, 0) is 15.8 Å². The number of esters is 1. The Hall–Kier alpha value is -2.70. The molecule has 0 radical (unpaired) electrons. The molecule has 5 N–H and O–H groups in total. The van der Waals surface area contributed by atoms with E-state index in [9.17, 15) is 9.59 Å². The predicted octanol–water partition coefficient (Wildman–Crippen LogP) is 2.75. The highest BCUT2D eigenvalue weighted by Gasteiger charge is 2.40. The summed E-state index contributed by atoms with van der Waals surface area (Å²) in [6.07, 6.45) is 3.90. The summed E-state index contributed by atoms with van der Waals surface area (Å²) in [6, 6.07) is 14.2. The topological polar surface area (TPSA) is 116 Å². The third-order valence-electron chi connectivity index (χ3n) is 5.12. The number of hydrogen-bond donors (Lipinski definition) is 3. The van der Waals surface area contributed by atoms with E-state index in [1.54, 1.807) is 24.3 Å². The molecule has 2 aromatic carbocycles. The van der Waals surface area contributed by atoms with Gasteiger partial charge in [0.15, 0.2) is 0 Å². The molecule has 0 saturated heterocycles. The fraction of sp³-hybridized carbons (Fsp3) is 0.333. The number of carbonyl (C=O) groups is 2. The van der Waals surface area contributed by atoms with Crippen molar-refractivity contribution in [1.82, 2.24) is 0 Å². The smallest absolute Gasteiger partial charge is 0.337 e. The molecule has 2 aliphatic rings. The van der Waals surface area contributed by atoms with Gasteiger partial charge < -0.3 is 21.3 Å². The lowest BCUT2D eigenvalue weighted by molar-refractivity contribution is 0.0599. The highest BCUT2D eigenvalue weighted by molar-refractivity contribution is 5.89. The summed E-state index contributed by atoms with van der Waals surface area (Å²) in [5.41, 5.74) is 14.4. The molecule has 0 amide bonds. The zero-order valence-electron chi connectivity index (χ0n) is 15.3. The van der Waals surface area contributed by atoms with Gasteiger partial charge in [-0.25, -0.2) is 9.59 Å². The number of aromatic carboxylic acids is 1. The van der Waals surface area contributed by atoms with Crippen LogP contribution in [0.25, 0.3) is 0 Å². The van der Waals surface area contributed by atoms with E-state index in [0.29, 0.717) is 11.1 Å². The molecule has 0 unspecified atom stereocenters. The van der Waals surface area contributed by atoms with Gasteiger partial charge in [0.1, 0.15) is 0 Å². The number of hydrogen-bond acceptors (Lipinski definition) is 5. The molecular formula is C21H24N2O4. The Morgan fingerprint density at radius 2 is 1.33 bits per heavy atom. The number of carbonyl (C=O) groups excluding carboxylic acids is 1. The van der Waals surface area contributed by atoms with Crippen LogP contribution in [0.3, 0.4) is 0 Å². The molecule has 2 aliphatic carbocycles. The van der Waals surface area contributed by atoms with Gasteiger partial charge in [-0.05, 0) is 61.1 Å². The lowest BCUT2D eigenvalue weighted by atomic mass is 10.0. The van der Waals surface area contributed by atoms with Gasteiger partial charge >= 0.3 is 11.9 Å². The Bertz CT molecular complexity index is 870. The van der Waals surface area contributed by atoms with Crippen LogP contribution in [-0.4, -0.2) is 24.2 Å². The minimum absolute atomic E-state index is 0.190. The van der Waals surface area contributed by atoms with Crippen molar-refractivity contribution >= 4 is 11.9 Å². The molecule has 0 bridgehead atoms. The minimum atomic E-state index is -0.897. The summed E-state index contributed by atoms with van der Waals surface area (Å²) in [4.78, 5) is 21.9. The Kier molecular flexibility index (Phi) is 5.04. The number of benzene rings is 2. The summed E-state index contributed by atoms with van der Waals surface area (Å²) in [5, 5.41) is 8.75. The van der Waals surface area contributed by atoms with Crippen LogP contribution in [0.15, 0.2) is 48.5 Å². The van der Waals surface area contributed by atoms with Crippen molar-refractivity contribution in [2.24, 2.45) is 11.5 Å². The first kappa shape index (κ1) is 19.1. The molecule has 27 heavy (non-hydrogen) atoms. The Morgan fingerprint density at radius 1 is 0.889 bits per heavy atom. The van der Waals surface area contributed by atoms with Crippen molar-refractivity contribution < 1.29 is 19.4 Å². The molecular weight excluding hydrogens is 344 g/mol. The highest BCUT2D eigenvalue weighted by Crippen LogP contribution is 2.43. The zero-order chi connectivity index (χ0) is 19.7.